The van der Waals surface area contributed by atoms with E-state index in [4.69, 9.17) is 16.6 Å². The molecule has 1 aliphatic rings. The molecule has 0 unspecified atom stereocenters. The molecule has 0 aromatic heterocycles. The fourth-order valence-electron chi connectivity index (χ4n) is 2.92. The Bertz CT molecular complexity index is 538. The summed E-state index contributed by atoms with van der Waals surface area (Å²) in [6, 6.07) is 11.0. The Kier molecular flexibility index (Phi) is 4.86. The van der Waals surface area contributed by atoms with Crippen molar-refractivity contribution < 1.29 is 4.43 Å². The molecular weight excluding hydrogens is 306 g/mol. The number of hydrogen-bond donors (Lipinski definition) is 0. The van der Waals surface area contributed by atoms with Crippen LogP contribution >= 0.6 is 12.2 Å². The van der Waals surface area contributed by atoms with Gasteiger partial charge in [-0.15, -0.1) is 0 Å². The Hall–Kier alpha value is -0.713. The molecule has 1 saturated heterocycles. The summed E-state index contributed by atoms with van der Waals surface area (Å²) in [6.45, 7) is 13.7. The first-order chi connectivity index (χ1) is 10.1. The number of benzene rings is 1. The third-order valence-corrected chi connectivity index (χ3v) is 10.5. The van der Waals surface area contributed by atoms with E-state index in [9.17, 15) is 0 Å². The van der Waals surface area contributed by atoms with Crippen LogP contribution in [0.25, 0.3) is 0 Å². The minimum absolute atomic E-state index is 0.162. The van der Waals surface area contributed by atoms with E-state index in [0.717, 1.165) is 4.99 Å². The van der Waals surface area contributed by atoms with E-state index in [1.54, 1.807) is 0 Å². The van der Waals surface area contributed by atoms with Crippen LogP contribution in [-0.2, 0) is 4.43 Å². The number of nitrogens with zero attached hydrogens (tertiary/aromatic N) is 1. The van der Waals surface area contributed by atoms with Gasteiger partial charge in [-0.25, -0.2) is 0 Å². The second-order valence-corrected chi connectivity index (χ2v) is 13.1. The van der Waals surface area contributed by atoms with Gasteiger partial charge in [0.05, 0.1) is 23.1 Å². The Morgan fingerprint density at radius 2 is 1.73 bits per heavy atom. The van der Waals surface area contributed by atoms with Crippen molar-refractivity contribution >= 4 is 25.5 Å². The van der Waals surface area contributed by atoms with E-state index in [2.05, 4.69) is 83.1 Å². The van der Waals surface area contributed by atoms with E-state index in [1.165, 1.54) is 5.56 Å². The quantitative estimate of drug-likeness (QED) is 0.566. The van der Waals surface area contributed by atoms with E-state index < -0.39 is 8.32 Å². The van der Waals surface area contributed by atoms with Crippen molar-refractivity contribution in [1.29, 1.82) is 0 Å². The van der Waals surface area contributed by atoms with Gasteiger partial charge in [-0.2, -0.15) is 0 Å². The third kappa shape index (κ3) is 3.14. The van der Waals surface area contributed by atoms with Gasteiger partial charge in [0, 0.05) is 7.05 Å². The lowest BCUT2D eigenvalue weighted by Gasteiger charge is -2.52. The molecule has 1 fully saturated rings. The highest BCUT2D eigenvalue weighted by molar-refractivity contribution is 7.80. The lowest BCUT2D eigenvalue weighted by molar-refractivity contribution is 0.0803. The molecule has 22 heavy (non-hydrogen) atoms. The van der Waals surface area contributed by atoms with Crippen LogP contribution in [0.5, 0.6) is 0 Å². The Morgan fingerprint density at radius 3 is 2.23 bits per heavy atom. The maximum atomic E-state index is 6.60. The van der Waals surface area contributed by atoms with E-state index in [-0.39, 0.29) is 11.1 Å². The fraction of sp³-hybridized carbons (Fsp3) is 0.611. The van der Waals surface area contributed by atoms with Crippen molar-refractivity contribution in [3.8, 4) is 0 Å². The normalized spacial score (nSPS) is 24.1. The first-order valence-corrected chi connectivity index (χ1v) is 11.4. The summed E-state index contributed by atoms with van der Waals surface area (Å²) in [5.41, 5.74) is 1.33. The predicted octanol–water partition coefficient (Wildman–Crippen LogP) is 5.03. The summed E-state index contributed by atoms with van der Waals surface area (Å²) in [7, 11) is 0.319. The number of thiocarbonyl (C=S) groups is 1. The standard InChI is InChI=1S/C18H29NOSSi/c1-13(20-22(6,7)18(2,3)4)15-16(19(5)17(15)21)14-11-9-8-10-12-14/h8-13,15-16H,1-7H3/t13-,15+,16+/m0/s1. The van der Waals surface area contributed by atoms with Crippen molar-refractivity contribution in [3.05, 3.63) is 35.9 Å². The molecule has 3 atom stereocenters. The molecule has 1 aromatic carbocycles. The van der Waals surface area contributed by atoms with Crippen molar-refractivity contribution in [2.45, 2.75) is 58.0 Å². The maximum Gasteiger partial charge on any atom is 0.192 e. The zero-order valence-corrected chi connectivity index (χ0v) is 16.7. The summed E-state index contributed by atoms with van der Waals surface area (Å²) in [5, 5.41) is 0.223. The topological polar surface area (TPSA) is 12.5 Å². The third-order valence-electron chi connectivity index (χ3n) is 5.32. The molecule has 122 valence electrons. The molecule has 1 heterocycles. The molecule has 0 aliphatic carbocycles. The van der Waals surface area contributed by atoms with Gasteiger partial charge < -0.3 is 9.33 Å². The van der Waals surface area contributed by atoms with Crippen molar-refractivity contribution in [1.82, 2.24) is 4.90 Å². The van der Waals surface area contributed by atoms with Crippen LogP contribution in [0.4, 0.5) is 0 Å². The van der Waals surface area contributed by atoms with E-state index in [1.807, 2.05) is 0 Å². The zero-order chi connectivity index (χ0) is 16.7. The average molecular weight is 336 g/mol. The van der Waals surface area contributed by atoms with Crippen LogP contribution in [-0.4, -0.2) is 31.4 Å². The van der Waals surface area contributed by atoms with Gasteiger partial charge in [0.2, 0.25) is 0 Å². The van der Waals surface area contributed by atoms with Crippen LogP contribution < -0.4 is 0 Å². The van der Waals surface area contributed by atoms with Crippen LogP contribution in [0.1, 0.15) is 39.3 Å². The van der Waals surface area contributed by atoms with Crippen molar-refractivity contribution in [3.63, 3.8) is 0 Å². The molecule has 2 nitrogen and oxygen atoms in total. The second kappa shape index (κ2) is 6.06. The minimum Gasteiger partial charge on any atom is -0.413 e. The lowest BCUT2D eigenvalue weighted by atomic mass is 9.80. The Morgan fingerprint density at radius 1 is 1.18 bits per heavy atom. The first-order valence-electron chi connectivity index (χ1n) is 8.06. The number of hydrogen-bond acceptors (Lipinski definition) is 2. The SMILES string of the molecule is C[C@H](O[Si](C)(C)C(C)(C)C)[C@H]1C(=S)N(C)[C@@H]1c1ccccc1. The molecule has 0 spiro atoms. The van der Waals surface area contributed by atoms with Crippen LogP contribution in [0.15, 0.2) is 30.3 Å². The second-order valence-electron chi connectivity index (χ2n) is 7.91. The van der Waals surface area contributed by atoms with Crippen molar-refractivity contribution in [2.24, 2.45) is 5.92 Å². The fourth-order valence-corrected chi connectivity index (χ4v) is 4.78. The van der Waals surface area contributed by atoms with Crippen LogP contribution in [0.3, 0.4) is 0 Å². The highest BCUT2D eigenvalue weighted by Crippen LogP contribution is 2.45. The Balaban J connectivity index is 2.18. The summed E-state index contributed by atoms with van der Waals surface area (Å²) < 4.78 is 6.60. The van der Waals surface area contributed by atoms with Gasteiger partial charge >= 0.3 is 0 Å². The highest BCUT2D eigenvalue weighted by atomic mass is 32.1. The molecule has 1 aliphatic heterocycles. The predicted molar refractivity (Wildman–Crippen MR) is 101 cm³/mol. The first kappa shape index (κ1) is 17.6. The zero-order valence-electron chi connectivity index (χ0n) is 14.9. The van der Waals surface area contributed by atoms with Crippen molar-refractivity contribution in [2.75, 3.05) is 7.05 Å². The molecular formula is C18H29NOSSi. The largest absolute Gasteiger partial charge is 0.413 e. The summed E-state index contributed by atoms with van der Waals surface area (Å²) in [6.07, 6.45) is 0.162. The summed E-state index contributed by atoms with van der Waals surface area (Å²) >= 11 is 5.62. The molecule has 0 saturated carbocycles. The van der Waals surface area contributed by atoms with Gasteiger partial charge in [-0.1, -0.05) is 63.3 Å². The molecule has 0 N–H and O–H groups in total. The van der Waals surface area contributed by atoms with Gasteiger partial charge in [-0.05, 0) is 30.6 Å². The molecule has 2 rings (SSSR count). The number of rotatable bonds is 4. The van der Waals surface area contributed by atoms with Gasteiger partial charge in [0.1, 0.15) is 0 Å². The molecule has 4 heteroatoms. The summed E-state index contributed by atoms with van der Waals surface area (Å²) in [5.74, 6) is 0.302. The molecule has 0 radical (unpaired) electrons. The molecule has 0 amide bonds. The molecule has 1 aromatic rings. The summed E-state index contributed by atoms with van der Waals surface area (Å²) in [4.78, 5) is 3.24. The minimum atomic E-state index is -1.77. The van der Waals surface area contributed by atoms with E-state index >= 15 is 0 Å². The maximum absolute atomic E-state index is 6.60. The lowest BCUT2D eigenvalue weighted by Crippen LogP contribution is -2.58. The smallest absolute Gasteiger partial charge is 0.192 e. The number of likely N-dealkylation sites (tertiary alicyclic amines) is 1. The van der Waals surface area contributed by atoms with Gasteiger partial charge in [-0.3, -0.25) is 0 Å². The average Bonchev–Trinajstić information content (AvgIpc) is 2.42. The van der Waals surface area contributed by atoms with E-state index in [0.29, 0.717) is 12.0 Å². The van der Waals surface area contributed by atoms with Crippen LogP contribution in [0, 0.1) is 5.92 Å². The van der Waals surface area contributed by atoms with Gasteiger partial charge in [0.25, 0.3) is 0 Å². The van der Waals surface area contributed by atoms with Gasteiger partial charge in [0.15, 0.2) is 8.32 Å². The Labute approximate surface area is 142 Å². The monoisotopic (exact) mass is 335 g/mol. The molecule has 0 bridgehead atoms. The van der Waals surface area contributed by atoms with Crippen LogP contribution in [0.2, 0.25) is 18.1 Å². The highest BCUT2D eigenvalue weighted by Gasteiger charge is 2.48.